The van der Waals surface area contributed by atoms with Gasteiger partial charge in [-0.3, -0.25) is 0 Å². The van der Waals surface area contributed by atoms with Crippen molar-refractivity contribution in [3.05, 3.63) is 89.9 Å². The van der Waals surface area contributed by atoms with Crippen LogP contribution in [0.25, 0.3) is 22.6 Å². The summed E-state index contributed by atoms with van der Waals surface area (Å²) in [7, 11) is 0. The van der Waals surface area contributed by atoms with Crippen LogP contribution in [0.1, 0.15) is 58.2 Å². The van der Waals surface area contributed by atoms with E-state index in [-0.39, 0.29) is 6.04 Å². The first-order valence-corrected chi connectivity index (χ1v) is 12.4. The van der Waals surface area contributed by atoms with Gasteiger partial charge >= 0.3 is 0 Å². The number of anilines is 1. The molecule has 35 heavy (non-hydrogen) atoms. The average molecular weight is 471 g/mol. The Morgan fingerprint density at radius 3 is 2.71 bits per heavy atom. The van der Waals surface area contributed by atoms with Gasteiger partial charge in [0.25, 0.3) is 0 Å². The minimum absolute atomic E-state index is 0.0381. The first-order valence-electron chi connectivity index (χ1n) is 12.4. The maximum Gasteiger partial charge on any atom is 0.165 e. The third-order valence-corrected chi connectivity index (χ3v) is 6.62. The van der Waals surface area contributed by atoms with Crippen LogP contribution in [-0.2, 0) is 13.1 Å². The SMILES string of the molecule is C=CN(C=C(C)C)c1ccc(-c2nnc3n(C(C)C4=CCC(C)C=C4)cc(CF)cc2-3)cc1CC. The van der Waals surface area contributed by atoms with Gasteiger partial charge in [-0.05, 0) is 68.9 Å². The van der Waals surface area contributed by atoms with Crippen LogP contribution in [0.5, 0.6) is 0 Å². The van der Waals surface area contributed by atoms with Crippen LogP contribution < -0.4 is 4.90 Å². The van der Waals surface area contributed by atoms with E-state index in [4.69, 9.17) is 0 Å². The number of halogens is 1. The highest BCUT2D eigenvalue weighted by Crippen LogP contribution is 2.38. The Morgan fingerprint density at radius 2 is 2.09 bits per heavy atom. The number of benzene rings is 1. The number of aryl methyl sites for hydroxylation is 1. The van der Waals surface area contributed by atoms with Crippen molar-refractivity contribution in [2.45, 2.75) is 60.2 Å². The molecule has 1 aromatic carbocycles. The molecule has 4 rings (SSSR count). The van der Waals surface area contributed by atoms with E-state index in [1.807, 2.05) is 18.5 Å². The smallest absolute Gasteiger partial charge is 0.165 e. The Kier molecular flexibility index (Phi) is 7.34. The van der Waals surface area contributed by atoms with Gasteiger partial charge < -0.3 is 9.47 Å². The van der Waals surface area contributed by atoms with Crippen molar-refractivity contribution in [2.75, 3.05) is 4.90 Å². The lowest BCUT2D eigenvalue weighted by molar-refractivity contribution is 0.479. The summed E-state index contributed by atoms with van der Waals surface area (Å²) in [6.07, 6.45) is 14.3. The van der Waals surface area contributed by atoms with Gasteiger partial charge in [0.15, 0.2) is 5.82 Å². The Morgan fingerprint density at radius 1 is 1.29 bits per heavy atom. The average Bonchev–Trinajstić information content (AvgIpc) is 3.30. The monoisotopic (exact) mass is 470 g/mol. The largest absolute Gasteiger partial charge is 0.324 e. The molecule has 0 spiro atoms. The highest BCUT2D eigenvalue weighted by atomic mass is 19.1. The fourth-order valence-corrected chi connectivity index (χ4v) is 4.66. The molecule has 0 bridgehead atoms. The van der Waals surface area contributed by atoms with E-state index in [9.17, 15) is 4.39 Å². The normalized spacial score (nSPS) is 16.2. The number of rotatable bonds is 8. The summed E-state index contributed by atoms with van der Waals surface area (Å²) in [6, 6.07) is 8.26. The number of pyridine rings is 1. The van der Waals surface area contributed by atoms with Crippen molar-refractivity contribution in [1.29, 1.82) is 0 Å². The second-order valence-electron chi connectivity index (χ2n) is 9.62. The highest BCUT2D eigenvalue weighted by Gasteiger charge is 2.24. The van der Waals surface area contributed by atoms with Gasteiger partial charge in [0.05, 0.1) is 6.04 Å². The van der Waals surface area contributed by atoms with Crippen LogP contribution in [0.3, 0.4) is 0 Å². The highest BCUT2D eigenvalue weighted by molar-refractivity contribution is 5.81. The molecule has 0 saturated carbocycles. The van der Waals surface area contributed by atoms with Crippen molar-refractivity contribution >= 4 is 5.69 Å². The Balaban J connectivity index is 1.77. The van der Waals surface area contributed by atoms with Crippen LogP contribution in [0.4, 0.5) is 10.1 Å². The fraction of sp³-hybridized carbons (Fsp3) is 0.333. The first kappa shape index (κ1) is 24.6. The lowest BCUT2D eigenvalue weighted by Crippen LogP contribution is -2.13. The van der Waals surface area contributed by atoms with Gasteiger partial charge in [-0.15, -0.1) is 10.2 Å². The van der Waals surface area contributed by atoms with E-state index in [1.54, 1.807) is 0 Å². The Hall–Kier alpha value is -3.47. The molecule has 0 radical (unpaired) electrons. The van der Waals surface area contributed by atoms with E-state index in [2.05, 4.69) is 103 Å². The van der Waals surface area contributed by atoms with Crippen molar-refractivity contribution in [1.82, 2.24) is 14.8 Å². The molecule has 0 aromatic heterocycles. The topological polar surface area (TPSA) is 34.0 Å². The summed E-state index contributed by atoms with van der Waals surface area (Å²) in [5.41, 5.74) is 7.96. The first-order chi connectivity index (χ1) is 16.9. The molecule has 3 aliphatic rings. The number of aromatic nitrogens is 3. The Labute approximate surface area is 208 Å². The van der Waals surface area contributed by atoms with Gasteiger partial charge in [0.2, 0.25) is 0 Å². The van der Waals surface area contributed by atoms with Crippen LogP contribution in [0.15, 0.2) is 78.8 Å². The molecule has 182 valence electrons. The summed E-state index contributed by atoms with van der Waals surface area (Å²) in [5, 5.41) is 9.16. The number of nitrogens with zero attached hydrogens (tertiary/aromatic N) is 4. The second kappa shape index (κ2) is 10.4. The van der Waals surface area contributed by atoms with Gasteiger partial charge in [-0.1, -0.05) is 50.3 Å². The zero-order valence-electron chi connectivity index (χ0n) is 21.4. The molecule has 2 unspecified atom stereocenters. The lowest BCUT2D eigenvalue weighted by atomic mass is 9.94. The lowest BCUT2D eigenvalue weighted by Gasteiger charge is -2.24. The fourth-order valence-electron chi connectivity index (χ4n) is 4.66. The number of hydrogen-bond acceptors (Lipinski definition) is 3. The molecule has 1 aromatic rings. The van der Waals surface area contributed by atoms with Gasteiger partial charge in [0, 0.05) is 41.0 Å². The van der Waals surface area contributed by atoms with Crippen molar-refractivity contribution in [3.63, 3.8) is 0 Å². The molecule has 0 saturated heterocycles. The summed E-state index contributed by atoms with van der Waals surface area (Å²) in [5.74, 6) is 1.32. The third-order valence-electron chi connectivity index (χ3n) is 6.62. The molecular weight excluding hydrogens is 435 g/mol. The molecule has 1 aliphatic carbocycles. The predicted molar refractivity (Wildman–Crippen MR) is 144 cm³/mol. The minimum Gasteiger partial charge on any atom is -0.324 e. The third kappa shape index (κ3) is 5.00. The Bertz CT molecular complexity index is 1280. The standard InChI is InChI=1S/C30H35FN4/c1-7-24-16-26(13-14-28(24)34(8-2)18-20(3)4)29-27-15-23(17-31)19-35(30(27)33-32-29)22(6)25-11-9-21(5)10-12-25/h8-9,11-16,18-19,21-22H,2,7,10,17H2,1,3-6H3. The minimum atomic E-state index is -0.532. The van der Waals surface area contributed by atoms with Crippen molar-refractivity contribution in [3.8, 4) is 22.6 Å². The van der Waals surface area contributed by atoms with Gasteiger partial charge in [0.1, 0.15) is 12.4 Å². The van der Waals surface area contributed by atoms with E-state index >= 15 is 0 Å². The summed E-state index contributed by atoms with van der Waals surface area (Å²) < 4.78 is 16.0. The van der Waals surface area contributed by atoms with Crippen LogP contribution in [-0.4, -0.2) is 14.8 Å². The zero-order chi connectivity index (χ0) is 25.1. The van der Waals surface area contributed by atoms with E-state index < -0.39 is 6.67 Å². The molecule has 0 amide bonds. The van der Waals surface area contributed by atoms with Gasteiger partial charge in [-0.25, -0.2) is 4.39 Å². The maximum absolute atomic E-state index is 13.9. The van der Waals surface area contributed by atoms with Crippen LogP contribution in [0.2, 0.25) is 0 Å². The second-order valence-corrected chi connectivity index (χ2v) is 9.62. The number of alkyl halides is 1. The zero-order valence-corrected chi connectivity index (χ0v) is 21.4. The maximum atomic E-state index is 13.9. The van der Waals surface area contributed by atoms with E-state index in [1.165, 1.54) is 16.7 Å². The summed E-state index contributed by atoms with van der Waals surface area (Å²) in [6.45, 7) is 14.1. The summed E-state index contributed by atoms with van der Waals surface area (Å²) >= 11 is 0. The van der Waals surface area contributed by atoms with Crippen LogP contribution in [0, 0.1) is 5.92 Å². The van der Waals surface area contributed by atoms with Crippen molar-refractivity contribution < 1.29 is 4.39 Å². The summed E-state index contributed by atoms with van der Waals surface area (Å²) in [4.78, 5) is 2.05. The molecule has 2 heterocycles. The number of fused-ring (bicyclic) bond motifs is 1. The van der Waals surface area contributed by atoms with Crippen LogP contribution >= 0.6 is 0 Å². The van der Waals surface area contributed by atoms with E-state index in [0.29, 0.717) is 11.5 Å². The molecule has 2 aliphatic heterocycles. The molecule has 2 atom stereocenters. The molecule has 5 heteroatoms. The van der Waals surface area contributed by atoms with Gasteiger partial charge in [-0.2, -0.15) is 0 Å². The van der Waals surface area contributed by atoms with E-state index in [0.717, 1.165) is 41.2 Å². The predicted octanol–water partition coefficient (Wildman–Crippen LogP) is 8.04. The number of hydrogen-bond donors (Lipinski definition) is 0. The molecular formula is C30H35FN4. The molecule has 0 fully saturated rings. The quantitative estimate of drug-likeness (QED) is 0.334. The molecule has 4 nitrogen and oxygen atoms in total. The van der Waals surface area contributed by atoms with Crippen molar-refractivity contribution in [2.24, 2.45) is 5.92 Å². The molecule has 0 N–H and O–H groups in total. The number of allylic oxidation sites excluding steroid dienone is 5.